The zero-order valence-corrected chi connectivity index (χ0v) is 13.3. The fourth-order valence-electron chi connectivity index (χ4n) is 4.26. The number of hydrogen-bond donors (Lipinski definition) is 1. The largest absolute Gasteiger partial charge is 0.393 e. The molecule has 0 bridgehead atoms. The van der Waals surface area contributed by atoms with Crippen LogP contribution in [0.3, 0.4) is 0 Å². The number of likely N-dealkylation sites (tertiary alicyclic amines) is 1. The maximum Gasteiger partial charge on any atom is 0.237 e. The van der Waals surface area contributed by atoms with Crippen LogP contribution in [0, 0.1) is 0 Å². The predicted molar refractivity (Wildman–Crippen MR) is 83.0 cm³/mol. The van der Waals surface area contributed by atoms with E-state index < -0.39 is 0 Å². The lowest BCUT2D eigenvalue weighted by atomic mass is 10.1. The first-order valence-corrected chi connectivity index (χ1v) is 8.88. The first kappa shape index (κ1) is 15.3. The van der Waals surface area contributed by atoms with Gasteiger partial charge in [-0.3, -0.25) is 9.69 Å². The summed E-state index contributed by atoms with van der Waals surface area (Å²) in [7, 11) is 0. The summed E-state index contributed by atoms with van der Waals surface area (Å²) in [4.78, 5) is 17.4. The second-order valence-corrected chi connectivity index (χ2v) is 7.32. The van der Waals surface area contributed by atoms with E-state index in [2.05, 4.69) is 9.80 Å². The Bertz CT molecular complexity index is 362. The lowest BCUT2D eigenvalue weighted by Crippen LogP contribution is -2.47. The predicted octanol–water partition coefficient (Wildman–Crippen LogP) is 2.16. The van der Waals surface area contributed by atoms with E-state index in [4.69, 9.17) is 0 Å². The summed E-state index contributed by atoms with van der Waals surface area (Å²) in [5.74, 6) is 0.349. The zero-order chi connectivity index (χ0) is 14.8. The molecule has 1 N–H and O–H groups in total. The zero-order valence-electron chi connectivity index (χ0n) is 13.3. The second kappa shape index (κ2) is 6.66. The average Bonchev–Trinajstić information content (AvgIpc) is 2.93. The molecular weight excluding hydrogens is 264 g/mol. The molecule has 0 spiro atoms. The average molecular weight is 294 g/mol. The Morgan fingerprint density at radius 1 is 1.14 bits per heavy atom. The molecule has 120 valence electrons. The molecule has 0 aromatic carbocycles. The van der Waals surface area contributed by atoms with Gasteiger partial charge in [-0.2, -0.15) is 0 Å². The van der Waals surface area contributed by atoms with Crippen molar-refractivity contribution in [3.63, 3.8) is 0 Å². The van der Waals surface area contributed by atoms with Crippen LogP contribution in [0.1, 0.15) is 64.7 Å². The summed E-state index contributed by atoms with van der Waals surface area (Å²) in [5, 5.41) is 9.62. The summed E-state index contributed by atoms with van der Waals surface area (Å²) in [6, 6.07) is 1.46. The van der Waals surface area contributed by atoms with Gasteiger partial charge in [0.1, 0.15) is 0 Å². The molecule has 0 radical (unpaired) electrons. The van der Waals surface area contributed by atoms with E-state index >= 15 is 0 Å². The summed E-state index contributed by atoms with van der Waals surface area (Å²) < 4.78 is 0. The molecule has 4 nitrogen and oxygen atoms in total. The molecule has 2 saturated carbocycles. The van der Waals surface area contributed by atoms with Gasteiger partial charge in [-0.05, 0) is 58.4 Å². The van der Waals surface area contributed by atoms with Crippen LogP contribution in [0.15, 0.2) is 0 Å². The molecule has 1 amide bonds. The van der Waals surface area contributed by atoms with Crippen molar-refractivity contribution in [1.82, 2.24) is 9.80 Å². The maximum atomic E-state index is 12.8. The smallest absolute Gasteiger partial charge is 0.237 e. The monoisotopic (exact) mass is 294 g/mol. The Morgan fingerprint density at radius 3 is 2.43 bits per heavy atom. The van der Waals surface area contributed by atoms with Crippen molar-refractivity contribution in [3.05, 3.63) is 0 Å². The van der Waals surface area contributed by atoms with Crippen LogP contribution in [0.5, 0.6) is 0 Å². The van der Waals surface area contributed by atoms with Gasteiger partial charge >= 0.3 is 0 Å². The first-order valence-electron chi connectivity index (χ1n) is 8.88. The van der Waals surface area contributed by atoms with Crippen LogP contribution >= 0.6 is 0 Å². The summed E-state index contributed by atoms with van der Waals surface area (Å²) in [5.41, 5.74) is 0. The van der Waals surface area contributed by atoms with E-state index in [0.29, 0.717) is 30.6 Å². The summed E-state index contributed by atoms with van der Waals surface area (Å²) in [6.07, 6.45) is 10.2. The van der Waals surface area contributed by atoms with Crippen molar-refractivity contribution in [2.24, 2.45) is 0 Å². The fraction of sp³-hybridized carbons (Fsp3) is 0.941. The number of nitrogens with zero attached hydrogens (tertiary/aromatic N) is 2. The highest BCUT2D eigenvalue weighted by Gasteiger charge is 2.39. The molecule has 2 unspecified atom stereocenters. The van der Waals surface area contributed by atoms with Crippen LogP contribution in [-0.4, -0.2) is 58.1 Å². The first-order chi connectivity index (χ1) is 10.1. The quantitative estimate of drug-likeness (QED) is 0.816. The van der Waals surface area contributed by atoms with E-state index in [1.54, 1.807) is 0 Å². The minimum atomic E-state index is -0.264. The molecular formula is C17H30N2O2. The number of hydrogen-bond acceptors (Lipinski definition) is 3. The normalized spacial score (nSPS) is 29.0. The van der Waals surface area contributed by atoms with E-state index in [0.717, 1.165) is 25.8 Å². The van der Waals surface area contributed by atoms with Crippen LogP contribution in [-0.2, 0) is 4.79 Å². The van der Waals surface area contributed by atoms with Gasteiger partial charge in [0.25, 0.3) is 0 Å². The van der Waals surface area contributed by atoms with Gasteiger partial charge in [0.15, 0.2) is 0 Å². The molecule has 0 aromatic rings. The SMILES string of the molecule is CC(O)CC1CCCN1CC(=O)N(C1CCCC1)C1CC1. The van der Waals surface area contributed by atoms with Gasteiger partial charge in [-0.1, -0.05) is 12.8 Å². The van der Waals surface area contributed by atoms with Gasteiger partial charge < -0.3 is 10.0 Å². The Morgan fingerprint density at radius 2 is 1.81 bits per heavy atom. The Hall–Kier alpha value is -0.610. The van der Waals surface area contributed by atoms with E-state index in [1.807, 2.05) is 6.92 Å². The molecule has 3 aliphatic rings. The molecule has 21 heavy (non-hydrogen) atoms. The van der Waals surface area contributed by atoms with Gasteiger partial charge in [0, 0.05) is 18.1 Å². The van der Waals surface area contributed by atoms with Crippen LogP contribution in [0.2, 0.25) is 0 Å². The molecule has 0 aromatic heterocycles. The molecule has 2 aliphatic carbocycles. The van der Waals surface area contributed by atoms with Crippen molar-refractivity contribution in [2.75, 3.05) is 13.1 Å². The van der Waals surface area contributed by atoms with Gasteiger partial charge in [0.2, 0.25) is 5.91 Å². The highest BCUT2D eigenvalue weighted by molar-refractivity contribution is 5.79. The summed E-state index contributed by atoms with van der Waals surface area (Å²) in [6.45, 7) is 3.45. The van der Waals surface area contributed by atoms with Gasteiger partial charge in [-0.15, -0.1) is 0 Å². The molecule has 1 aliphatic heterocycles. The molecule has 2 atom stereocenters. The van der Waals surface area contributed by atoms with Gasteiger partial charge in [0.05, 0.1) is 12.6 Å². The fourth-order valence-corrected chi connectivity index (χ4v) is 4.26. The number of rotatable bonds is 6. The third kappa shape index (κ3) is 3.78. The third-order valence-electron chi connectivity index (χ3n) is 5.40. The standard InChI is InChI=1S/C17H30N2O2/c1-13(20)11-16-7-4-10-18(16)12-17(21)19(15-8-9-15)14-5-2-3-6-14/h13-16,20H,2-12H2,1H3. The number of carbonyl (C=O) groups is 1. The molecule has 1 heterocycles. The van der Waals surface area contributed by atoms with E-state index in [1.165, 1.54) is 38.5 Å². The molecule has 1 saturated heterocycles. The second-order valence-electron chi connectivity index (χ2n) is 7.32. The lowest BCUT2D eigenvalue weighted by Gasteiger charge is -2.32. The topological polar surface area (TPSA) is 43.8 Å². The van der Waals surface area contributed by atoms with Crippen LogP contribution in [0.4, 0.5) is 0 Å². The number of carbonyl (C=O) groups excluding carboxylic acids is 1. The lowest BCUT2D eigenvalue weighted by molar-refractivity contribution is -0.135. The number of aliphatic hydroxyl groups is 1. The number of aliphatic hydroxyl groups excluding tert-OH is 1. The van der Waals surface area contributed by atoms with Crippen molar-refractivity contribution in [1.29, 1.82) is 0 Å². The highest BCUT2D eigenvalue weighted by atomic mass is 16.3. The van der Waals surface area contributed by atoms with E-state index in [9.17, 15) is 9.90 Å². The van der Waals surface area contributed by atoms with E-state index in [-0.39, 0.29) is 6.10 Å². The third-order valence-corrected chi connectivity index (χ3v) is 5.40. The van der Waals surface area contributed by atoms with Crippen molar-refractivity contribution in [2.45, 2.75) is 88.9 Å². The van der Waals surface area contributed by atoms with Crippen molar-refractivity contribution in [3.8, 4) is 0 Å². The van der Waals surface area contributed by atoms with Crippen LogP contribution in [0.25, 0.3) is 0 Å². The van der Waals surface area contributed by atoms with Crippen molar-refractivity contribution >= 4 is 5.91 Å². The minimum Gasteiger partial charge on any atom is -0.393 e. The van der Waals surface area contributed by atoms with Gasteiger partial charge in [-0.25, -0.2) is 0 Å². The highest BCUT2D eigenvalue weighted by Crippen LogP contribution is 2.35. The minimum absolute atomic E-state index is 0.264. The number of amides is 1. The summed E-state index contributed by atoms with van der Waals surface area (Å²) >= 11 is 0. The Balaban J connectivity index is 1.58. The Kier molecular flexibility index (Phi) is 4.85. The van der Waals surface area contributed by atoms with Crippen LogP contribution < -0.4 is 0 Å². The molecule has 4 heteroatoms. The molecule has 3 rings (SSSR count). The molecule has 3 fully saturated rings. The Labute approximate surface area is 128 Å². The van der Waals surface area contributed by atoms with Crippen molar-refractivity contribution < 1.29 is 9.90 Å². The maximum absolute atomic E-state index is 12.8.